The molecule has 0 fully saturated rings. The molecule has 3 aromatic rings. The third-order valence-electron chi connectivity index (χ3n) is 4.17. The molecule has 0 saturated heterocycles. The van der Waals surface area contributed by atoms with Crippen molar-refractivity contribution in [3.8, 4) is 5.75 Å². The van der Waals surface area contributed by atoms with Crippen molar-refractivity contribution < 1.29 is 9.53 Å². The van der Waals surface area contributed by atoms with E-state index in [9.17, 15) is 9.59 Å². The van der Waals surface area contributed by atoms with Crippen LogP contribution in [0.15, 0.2) is 66.1 Å². The molecule has 2 aromatic carbocycles. The van der Waals surface area contributed by atoms with Gasteiger partial charge in [0.1, 0.15) is 5.75 Å². The molecule has 0 aliphatic rings. The lowest BCUT2D eigenvalue weighted by molar-refractivity contribution is -0.118. The van der Waals surface area contributed by atoms with Gasteiger partial charge in [-0.1, -0.05) is 18.2 Å². The molecule has 0 saturated carbocycles. The highest BCUT2D eigenvalue weighted by atomic mass is 16.5. The number of carbonyl (C=O) groups is 1. The lowest BCUT2D eigenvalue weighted by Crippen LogP contribution is -2.21. The second kappa shape index (κ2) is 7.91. The first kappa shape index (κ1) is 18.5. The van der Waals surface area contributed by atoms with E-state index < -0.39 is 0 Å². The summed E-state index contributed by atoms with van der Waals surface area (Å²) >= 11 is 0. The molecule has 0 bridgehead atoms. The first-order valence-corrected chi connectivity index (χ1v) is 8.72. The summed E-state index contributed by atoms with van der Waals surface area (Å²) in [6.07, 6.45) is 3.37. The van der Waals surface area contributed by atoms with Crippen molar-refractivity contribution in [3.63, 3.8) is 0 Å². The molecule has 0 aliphatic carbocycles. The van der Waals surface area contributed by atoms with Gasteiger partial charge in [0.25, 0.3) is 11.5 Å². The zero-order valence-corrected chi connectivity index (χ0v) is 15.5. The minimum atomic E-state index is -0.253. The first-order valence-electron chi connectivity index (χ1n) is 8.72. The summed E-state index contributed by atoms with van der Waals surface area (Å²) < 4.78 is 7.26. The summed E-state index contributed by atoms with van der Waals surface area (Å²) in [5.41, 5.74) is 2.79. The van der Waals surface area contributed by atoms with E-state index in [1.54, 1.807) is 35.0 Å². The van der Waals surface area contributed by atoms with Crippen LogP contribution < -0.4 is 15.6 Å². The van der Waals surface area contributed by atoms with Gasteiger partial charge in [0.05, 0.1) is 5.39 Å². The number of benzene rings is 2. The number of fused-ring (bicyclic) bond motifs is 1. The van der Waals surface area contributed by atoms with Crippen LogP contribution in [0.25, 0.3) is 10.8 Å². The van der Waals surface area contributed by atoms with Gasteiger partial charge < -0.3 is 14.6 Å². The Hall–Kier alpha value is -3.34. The van der Waals surface area contributed by atoms with Gasteiger partial charge in [0, 0.05) is 23.8 Å². The largest absolute Gasteiger partial charge is 0.483 e. The zero-order chi connectivity index (χ0) is 19.4. The molecule has 0 spiro atoms. The highest BCUT2D eigenvalue weighted by Crippen LogP contribution is 2.23. The highest BCUT2D eigenvalue weighted by molar-refractivity contribution is 5.93. The average molecular weight is 362 g/mol. The number of nitrogens with one attached hydrogen (secondary N) is 1. The topological polar surface area (TPSA) is 60.3 Å². The highest BCUT2D eigenvalue weighted by Gasteiger charge is 2.09. The number of rotatable bonds is 6. The molecule has 0 unspecified atom stereocenters. The third kappa shape index (κ3) is 4.26. The van der Waals surface area contributed by atoms with Gasteiger partial charge in [-0.3, -0.25) is 9.59 Å². The number of hydrogen-bond acceptors (Lipinski definition) is 3. The number of amides is 1. The van der Waals surface area contributed by atoms with E-state index in [-0.39, 0.29) is 18.1 Å². The summed E-state index contributed by atoms with van der Waals surface area (Å²) in [7, 11) is 0. The molecule has 3 rings (SSSR count). The monoisotopic (exact) mass is 362 g/mol. The van der Waals surface area contributed by atoms with Gasteiger partial charge in [-0.05, 0) is 55.3 Å². The van der Waals surface area contributed by atoms with Crippen molar-refractivity contribution in [2.75, 3.05) is 11.9 Å². The number of hydrogen-bond donors (Lipinski definition) is 1. The predicted molar refractivity (Wildman–Crippen MR) is 108 cm³/mol. The van der Waals surface area contributed by atoms with Gasteiger partial charge in [0.15, 0.2) is 6.61 Å². The predicted octanol–water partition coefficient (Wildman–Crippen LogP) is 3.82. The Bertz CT molecular complexity index is 1050. The van der Waals surface area contributed by atoms with Crippen molar-refractivity contribution in [1.82, 2.24) is 4.57 Å². The Labute approximate surface area is 157 Å². The molecule has 1 N–H and O–H groups in total. The summed E-state index contributed by atoms with van der Waals surface area (Å²) in [6.45, 7) is 7.93. The van der Waals surface area contributed by atoms with Gasteiger partial charge in [-0.2, -0.15) is 0 Å². The van der Waals surface area contributed by atoms with Gasteiger partial charge in [-0.25, -0.2) is 0 Å². The fraction of sp³-hybridized carbons (Fsp3) is 0.182. The lowest BCUT2D eigenvalue weighted by atomic mass is 10.1. The van der Waals surface area contributed by atoms with Crippen molar-refractivity contribution in [2.45, 2.75) is 20.4 Å². The maximum absolute atomic E-state index is 12.5. The molecule has 5 heteroatoms. The Kier molecular flexibility index (Phi) is 5.41. The number of aryl methyl sites for hydroxylation is 2. The van der Waals surface area contributed by atoms with E-state index in [1.165, 1.54) is 0 Å². The fourth-order valence-corrected chi connectivity index (χ4v) is 3.09. The van der Waals surface area contributed by atoms with Crippen LogP contribution in [-0.2, 0) is 11.3 Å². The maximum atomic E-state index is 12.5. The van der Waals surface area contributed by atoms with Gasteiger partial charge in [-0.15, -0.1) is 6.58 Å². The second-order valence-corrected chi connectivity index (χ2v) is 6.49. The zero-order valence-electron chi connectivity index (χ0n) is 15.5. The van der Waals surface area contributed by atoms with Crippen LogP contribution in [0.1, 0.15) is 11.1 Å². The number of pyridine rings is 1. The molecule has 138 valence electrons. The normalized spacial score (nSPS) is 10.6. The number of carbonyl (C=O) groups excluding carboxylic acids is 1. The van der Waals surface area contributed by atoms with E-state index in [2.05, 4.69) is 11.9 Å². The fourth-order valence-electron chi connectivity index (χ4n) is 3.09. The Balaban J connectivity index is 1.76. The Morgan fingerprint density at radius 3 is 2.59 bits per heavy atom. The lowest BCUT2D eigenvalue weighted by Gasteiger charge is -2.11. The maximum Gasteiger partial charge on any atom is 0.262 e. The molecule has 1 amide bonds. The molecular formula is C22H22N2O3. The Morgan fingerprint density at radius 1 is 1.15 bits per heavy atom. The molecule has 1 heterocycles. The van der Waals surface area contributed by atoms with Gasteiger partial charge in [0.2, 0.25) is 0 Å². The number of anilines is 1. The van der Waals surface area contributed by atoms with Crippen molar-refractivity contribution in [2.24, 2.45) is 0 Å². The number of ether oxygens (including phenoxy) is 1. The van der Waals surface area contributed by atoms with Crippen molar-refractivity contribution in [1.29, 1.82) is 0 Å². The van der Waals surface area contributed by atoms with E-state index in [4.69, 9.17) is 4.74 Å². The third-order valence-corrected chi connectivity index (χ3v) is 4.17. The summed E-state index contributed by atoms with van der Waals surface area (Å²) in [5, 5.41) is 4.07. The number of nitrogens with zero attached hydrogens (tertiary/aromatic N) is 1. The van der Waals surface area contributed by atoms with E-state index in [0.717, 1.165) is 16.8 Å². The van der Waals surface area contributed by atoms with Crippen molar-refractivity contribution in [3.05, 3.63) is 82.8 Å². The van der Waals surface area contributed by atoms with Crippen LogP contribution in [0.5, 0.6) is 5.75 Å². The molecule has 5 nitrogen and oxygen atoms in total. The smallest absolute Gasteiger partial charge is 0.262 e. The first-order chi connectivity index (χ1) is 13.0. The molecule has 27 heavy (non-hydrogen) atoms. The number of allylic oxidation sites excluding steroid dienone is 1. The average Bonchev–Trinajstić information content (AvgIpc) is 2.61. The van der Waals surface area contributed by atoms with E-state index in [0.29, 0.717) is 23.1 Å². The summed E-state index contributed by atoms with van der Waals surface area (Å²) in [6, 6.07) is 12.9. The molecule has 1 aromatic heterocycles. The van der Waals surface area contributed by atoms with Crippen LogP contribution in [0.4, 0.5) is 5.69 Å². The van der Waals surface area contributed by atoms with Crippen LogP contribution in [-0.4, -0.2) is 17.1 Å². The SMILES string of the molecule is C=CCn1ccc2c(OCC(=O)Nc3cc(C)cc(C)c3)cccc2c1=O. The van der Waals surface area contributed by atoms with E-state index in [1.807, 2.05) is 38.1 Å². The van der Waals surface area contributed by atoms with E-state index >= 15 is 0 Å². The van der Waals surface area contributed by atoms with Crippen LogP contribution >= 0.6 is 0 Å². The minimum Gasteiger partial charge on any atom is -0.483 e. The standard InChI is InChI=1S/C22H22N2O3/c1-4-9-24-10-8-18-19(22(24)26)6-5-7-20(18)27-14-21(25)23-17-12-15(2)11-16(3)13-17/h4-8,10-13H,1,9,14H2,2-3H3,(H,23,25). The molecule has 0 aliphatic heterocycles. The summed E-state index contributed by atoms with van der Waals surface area (Å²) in [5.74, 6) is 0.253. The van der Waals surface area contributed by atoms with Crippen LogP contribution in [0.3, 0.4) is 0 Å². The Morgan fingerprint density at radius 2 is 1.89 bits per heavy atom. The summed E-state index contributed by atoms with van der Waals surface area (Å²) in [4.78, 5) is 24.7. The quantitative estimate of drug-likeness (QED) is 0.678. The van der Waals surface area contributed by atoms with Crippen LogP contribution in [0, 0.1) is 13.8 Å². The molecule has 0 atom stereocenters. The molecular weight excluding hydrogens is 340 g/mol. The molecule has 0 radical (unpaired) electrons. The minimum absolute atomic E-state index is 0.113. The van der Waals surface area contributed by atoms with Gasteiger partial charge >= 0.3 is 0 Å². The van der Waals surface area contributed by atoms with Crippen LogP contribution in [0.2, 0.25) is 0 Å². The number of aromatic nitrogens is 1. The second-order valence-electron chi connectivity index (χ2n) is 6.49. The van der Waals surface area contributed by atoms with Crippen molar-refractivity contribution >= 4 is 22.4 Å².